The van der Waals surface area contributed by atoms with Gasteiger partial charge in [-0.05, 0) is 70.3 Å². The molecule has 1 aliphatic rings. The van der Waals surface area contributed by atoms with E-state index in [2.05, 4.69) is 76.3 Å². The fourth-order valence-electron chi connectivity index (χ4n) is 3.96. The smallest absolute Gasteiger partial charge is 0.241 e. The zero-order valence-corrected chi connectivity index (χ0v) is 24.2. The Morgan fingerprint density at radius 2 is 1.68 bits per heavy atom. The molecule has 1 saturated heterocycles. The molecule has 3 aromatic rings. The van der Waals surface area contributed by atoms with E-state index in [1.54, 1.807) is 26.8 Å². The maximum atomic E-state index is 12.9. The summed E-state index contributed by atoms with van der Waals surface area (Å²) in [7, 11) is -1.64. The summed E-state index contributed by atoms with van der Waals surface area (Å²) in [6.07, 6.45) is 1.42. The summed E-state index contributed by atoms with van der Waals surface area (Å²) < 4.78 is 28.9. The minimum absolute atomic E-state index is 0.0793. The fraction of sp³-hybridized carbons (Fsp3) is 0.346. The number of hydrogen-bond acceptors (Lipinski definition) is 9. The number of anilines is 5. The average Bonchev–Trinajstić information content (AvgIpc) is 2.83. The molecule has 0 aliphatic carbocycles. The van der Waals surface area contributed by atoms with Gasteiger partial charge in [0.1, 0.15) is 11.6 Å². The van der Waals surface area contributed by atoms with Crippen LogP contribution in [0, 0.1) is 11.3 Å². The highest BCUT2D eigenvalue weighted by Crippen LogP contribution is 2.28. The van der Waals surface area contributed by atoms with Crippen molar-refractivity contribution >= 4 is 54.8 Å². The molecule has 10 nitrogen and oxygen atoms in total. The summed E-state index contributed by atoms with van der Waals surface area (Å²) in [6.45, 7) is 9.37. The fourth-order valence-corrected chi connectivity index (χ4v) is 6.09. The minimum Gasteiger partial charge on any atom is -0.369 e. The Kier molecular flexibility index (Phi) is 8.22. The van der Waals surface area contributed by atoms with Crippen LogP contribution in [0.15, 0.2) is 58.0 Å². The highest BCUT2D eigenvalue weighted by molar-refractivity contribution is 9.10. The Morgan fingerprint density at radius 3 is 2.32 bits per heavy atom. The quantitative estimate of drug-likeness (QED) is 0.362. The summed E-state index contributed by atoms with van der Waals surface area (Å²) in [6, 6.07) is 14.9. The third kappa shape index (κ3) is 7.20. The Labute approximate surface area is 232 Å². The average molecular weight is 600 g/mol. The van der Waals surface area contributed by atoms with Crippen LogP contribution in [-0.4, -0.2) is 62.1 Å². The standard InChI is InChI=1S/C26H31BrN8O2S/c1-26(2,3)33-38(36,37)23-14-19(27)13-21(15-23)30-24-18(16-28)17-29-25(32-24)31-20-5-7-22(8-6-20)35-11-9-34(4)10-12-35/h5-8,13-15,17,33H,9-12H2,1-4H3,(H2,29,30,31,32). The lowest BCUT2D eigenvalue weighted by Crippen LogP contribution is -2.44. The third-order valence-corrected chi connectivity index (χ3v) is 7.98. The van der Waals surface area contributed by atoms with Crippen molar-refractivity contribution in [2.45, 2.75) is 31.2 Å². The molecule has 0 radical (unpaired) electrons. The van der Waals surface area contributed by atoms with Crippen molar-refractivity contribution in [3.8, 4) is 6.07 Å². The van der Waals surface area contributed by atoms with Gasteiger partial charge in [-0.25, -0.2) is 18.1 Å². The van der Waals surface area contributed by atoms with E-state index in [9.17, 15) is 13.7 Å². The molecule has 0 spiro atoms. The van der Waals surface area contributed by atoms with Gasteiger partial charge in [-0.2, -0.15) is 10.2 Å². The van der Waals surface area contributed by atoms with Gasteiger partial charge in [0.15, 0.2) is 5.82 Å². The van der Waals surface area contributed by atoms with Crippen LogP contribution >= 0.6 is 15.9 Å². The Hall–Kier alpha value is -3.24. The Morgan fingerprint density at radius 1 is 1.00 bits per heavy atom. The first-order valence-corrected chi connectivity index (χ1v) is 14.4. The summed E-state index contributed by atoms with van der Waals surface area (Å²) in [4.78, 5) is 13.5. The molecule has 2 aromatic carbocycles. The van der Waals surface area contributed by atoms with Gasteiger partial charge in [0, 0.05) is 53.3 Å². The van der Waals surface area contributed by atoms with Gasteiger partial charge in [-0.3, -0.25) is 0 Å². The van der Waals surface area contributed by atoms with E-state index < -0.39 is 15.6 Å². The molecular weight excluding hydrogens is 568 g/mol. The summed E-state index contributed by atoms with van der Waals surface area (Å²) in [5, 5.41) is 15.9. The number of nitrogens with one attached hydrogen (secondary N) is 3. The number of hydrogen-bond donors (Lipinski definition) is 3. The second-order valence-electron chi connectivity index (χ2n) is 10.2. The lowest BCUT2D eigenvalue weighted by Gasteiger charge is -2.34. The summed E-state index contributed by atoms with van der Waals surface area (Å²) in [5.41, 5.74) is 2.00. The van der Waals surface area contributed by atoms with Crippen LogP contribution in [0.5, 0.6) is 0 Å². The SMILES string of the molecule is CN1CCN(c2ccc(Nc3ncc(C#N)c(Nc4cc(Br)cc(S(=O)(=O)NC(C)(C)C)c4)n3)cc2)CC1. The van der Waals surface area contributed by atoms with E-state index in [1.807, 2.05) is 12.1 Å². The molecule has 0 bridgehead atoms. The van der Waals surface area contributed by atoms with Gasteiger partial charge in [0.2, 0.25) is 16.0 Å². The van der Waals surface area contributed by atoms with Crippen molar-refractivity contribution in [1.29, 1.82) is 5.26 Å². The van der Waals surface area contributed by atoms with Crippen molar-refractivity contribution in [1.82, 2.24) is 19.6 Å². The Bertz CT molecular complexity index is 1440. The molecule has 1 aromatic heterocycles. The highest BCUT2D eigenvalue weighted by atomic mass is 79.9. The van der Waals surface area contributed by atoms with Crippen LogP contribution in [0.3, 0.4) is 0 Å². The van der Waals surface area contributed by atoms with Crippen molar-refractivity contribution < 1.29 is 8.42 Å². The zero-order valence-electron chi connectivity index (χ0n) is 21.8. The number of likely N-dealkylation sites (N-methyl/N-ethyl adjacent to an activating group) is 1. The first-order valence-electron chi connectivity index (χ1n) is 12.1. The maximum Gasteiger partial charge on any atom is 0.241 e. The molecule has 200 valence electrons. The minimum atomic E-state index is -3.77. The predicted molar refractivity (Wildman–Crippen MR) is 154 cm³/mol. The third-order valence-electron chi connectivity index (χ3n) is 5.79. The molecule has 12 heteroatoms. The van der Waals surface area contributed by atoms with Crippen LogP contribution in [0.4, 0.5) is 28.8 Å². The largest absolute Gasteiger partial charge is 0.369 e. The second kappa shape index (κ2) is 11.2. The molecule has 1 aliphatic heterocycles. The highest BCUT2D eigenvalue weighted by Gasteiger charge is 2.23. The molecule has 38 heavy (non-hydrogen) atoms. The molecule has 1 fully saturated rings. The van der Waals surface area contributed by atoms with Crippen LogP contribution in [0.2, 0.25) is 0 Å². The topological polar surface area (TPSA) is 126 Å². The van der Waals surface area contributed by atoms with E-state index in [-0.39, 0.29) is 16.3 Å². The maximum absolute atomic E-state index is 12.9. The number of nitrogens with zero attached hydrogens (tertiary/aromatic N) is 5. The number of aromatic nitrogens is 2. The van der Waals surface area contributed by atoms with Gasteiger partial charge < -0.3 is 20.4 Å². The molecule has 0 atom stereocenters. The lowest BCUT2D eigenvalue weighted by molar-refractivity contribution is 0.313. The molecular formula is C26H31BrN8O2S. The molecule has 0 amide bonds. The van der Waals surface area contributed by atoms with Crippen LogP contribution in [-0.2, 0) is 10.0 Å². The van der Waals surface area contributed by atoms with Crippen molar-refractivity contribution in [2.75, 3.05) is 48.8 Å². The van der Waals surface area contributed by atoms with E-state index in [4.69, 9.17) is 0 Å². The van der Waals surface area contributed by atoms with E-state index in [0.717, 1.165) is 37.6 Å². The molecule has 2 heterocycles. The van der Waals surface area contributed by atoms with Crippen molar-refractivity contribution in [3.05, 3.63) is 58.7 Å². The Balaban J connectivity index is 1.54. The number of halogens is 1. The summed E-state index contributed by atoms with van der Waals surface area (Å²) in [5.74, 6) is 0.556. The van der Waals surface area contributed by atoms with Crippen LogP contribution < -0.4 is 20.3 Å². The second-order valence-corrected chi connectivity index (χ2v) is 12.8. The number of piperazine rings is 1. The van der Waals surface area contributed by atoms with Gasteiger partial charge in [-0.15, -0.1) is 0 Å². The molecule has 0 unspecified atom stereocenters. The van der Waals surface area contributed by atoms with E-state index in [0.29, 0.717) is 16.1 Å². The van der Waals surface area contributed by atoms with Crippen molar-refractivity contribution in [3.63, 3.8) is 0 Å². The zero-order chi connectivity index (χ0) is 27.5. The van der Waals surface area contributed by atoms with Gasteiger partial charge in [0.25, 0.3) is 0 Å². The number of rotatable bonds is 7. The molecule has 0 saturated carbocycles. The number of benzene rings is 2. The lowest BCUT2D eigenvalue weighted by atomic mass is 10.1. The molecule has 3 N–H and O–H groups in total. The first kappa shape index (κ1) is 27.8. The monoisotopic (exact) mass is 598 g/mol. The van der Waals surface area contributed by atoms with Gasteiger partial charge in [-0.1, -0.05) is 15.9 Å². The van der Waals surface area contributed by atoms with Crippen molar-refractivity contribution in [2.24, 2.45) is 0 Å². The number of nitriles is 1. The van der Waals surface area contributed by atoms with Gasteiger partial charge >= 0.3 is 0 Å². The number of sulfonamides is 1. The van der Waals surface area contributed by atoms with Crippen LogP contribution in [0.1, 0.15) is 26.3 Å². The first-order chi connectivity index (χ1) is 17.9. The van der Waals surface area contributed by atoms with E-state index >= 15 is 0 Å². The predicted octanol–water partition coefficient (Wildman–Crippen LogP) is 4.43. The summed E-state index contributed by atoms with van der Waals surface area (Å²) >= 11 is 3.38. The normalized spacial score (nSPS) is 14.7. The molecule has 4 rings (SSSR count). The van der Waals surface area contributed by atoms with Gasteiger partial charge in [0.05, 0.1) is 11.1 Å². The van der Waals surface area contributed by atoms with Crippen LogP contribution in [0.25, 0.3) is 0 Å². The van der Waals surface area contributed by atoms with E-state index in [1.165, 1.54) is 18.3 Å².